The van der Waals surface area contributed by atoms with Crippen LogP contribution in [0.4, 0.5) is 5.13 Å². The Balaban J connectivity index is 2.01. The topological polar surface area (TPSA) is 50.7 Å². The molecule has 0 aromatic carbocycles. The monoisotopic (exact) mass is 248 g/mol. The molecule has 2 aromatic rings. The first-order chi connectivity index (χ1) is 8.33. The van der Waals surface area contributed by atoms with Gasteiger partial charge in [0.05, 0.1) is 12.2 Å². The van der Waals surface area contributed by atoms with E-state index in [9.17, 15) is 0 Å². The molecule has 0 aliphatic heterocycles. The summed E-state index contributed by atoms with van der Waals surface area (Å²) in [6, 6.07) is 4.09. The third-order valence-corrected chi connectivity index (χ3v) is 3.27. The molecule has 0 radical (unpaired) electrons. The zero-order chi connectivity index (χ0) is 12.1. The summed E-state index contributed by atoms with van der Waals surface area (Å²) in [6.45, 7) is 4.91. The second-order valence-corrected chi connectivity index (χ2v) is 4.44. The van der Waals surface area contributed by atoms with E-state index in [0.29, 0.717) is 6.54 Å². The molecule has 0 atom stereocenters. The summed E-state index contributed by atoms with van der Waals surface area (Å²) >= 11 is 1.41. The third-order valence-electron chi connectivity index (χ3n) is 2.56. The highest BCUT2D eigenvalue weighted by Crippen LogP contribution is 2.14. The second kappa shape index (κ2) is 5.72. The van der Waals surface area contributed by atoms with Crippen molar-refractivity contribution in [2.24, 2.45) is 0 Å². The van der Waals surface area contributed by atoms with Gasteiger partial charge in [0, 0.05) is 24.2 Å². The van der Waals surface area contributed by atoms with Gasteiger partial charge in [-0.25, -0.2) is 4.98 Å². The van der Waals surface area contributed by atoms with Crippen molar-refractivity contribution in [2.45, 2.75) is 33.2 Å². The van der Waals surface area contributed by atoms with Gasteiger partial charge >= 0.3 is 0 Å². The number of hydrogen-bond acceptors (Lipinski definition) is 5. The van der Waals surface area contributed by atoms with E-state index in [2.05, 4.69) is 39.6 Å². The lowest BCUT2D eigenvalue weighted by molar-refractivity contribution is 0.957. The molecule has 2 aromatic heterocycles. The van der Waals surface area contributed by atoms with Crippen LogP contribution in [0.15, 0.2) is 18.3 Å². The van der Waals surface area contributed by atoms with E-state index in [1.807, 2.05) is 12.3 Å². The van der Waals surface area contributed by atoms with Crippen molar-refractivity contribution in [3.05, 3.63) is 35.4 Å². The van der Waals surface area contributed by atoms with Gasteiger partial charge in [-0.3, -0.25) is 4.98 Å². The fourth-order valence-electron chi connectivity index (χ4n) is 1.58. The Morgan fingerprint density at radius 1 is 1.29 bits per heavy atom. The van der Waals surface area contributed by atoms with E-state index < -0.39 is 0 Å². The Hall–Kier alpha value is -1.49. The van der Waals surface area contributed by atoms with Gasteiger partial charge in [-0.05, 0) is 18.1 Å². The maximum Gasteiger partial charge on any atom is 0.202 e. The third kappa shape index (κ3) is 3.00. The van der Waals surface area contributed by atoms with Crippen molar-refractivity contribution in [2.75, 3.05) is 5.32 Å². The van der Waals surface area contributed by atoms with Gasteiger partial charge in [-0.1, -0.05) is 19.9 Å². The Bertz CT molecular complexity index is 481. The minimum absolute atomic E-state index is 0.711. The van der Waals surface area contributed by atoms with Crippen LogP contribution in [0.2, 0.25) is 0 Å². The van der Waals surface area contributed by atoms with Crippen LogP contribution < -0.4 is 5.32 Å². The highest BCUT2D eigenvalue weighted by atomic mass is 32.1. The molecule has 0 aliphatic rings. The summed E-state index contributed by atoms with van der Waals surface area (Å²) in [4.78, 5) is 8.75. The van der Waals surface area contributed by atoms with Crippen molar-refractivity contribution in [1.29, 1.82) is 0 Å². The van der Waals surface area contributed by atoms with Crippen molar-refractivity contribution in [1.82, 2.24) is 14.3 Å². The Morgan fingerprint density at radius 3 is 2.88 bits per heavy atom. The van der Waals surface area contributed by atoms with E-state index in [1.54, 1.807) is 0 Å². The van der Waals surface area contributed by atoms with E-state index in [4.69, 9.17) is 0 Å². The molecular formula is C12H16N4S. The first-order valence-electron chi connectivity index (χ1n) is 5.82. The summed E-state index contributed by atoms with van der Waals surface area (Å²) in [5.41, 5.74) is 2.36. The highest BCUT2D eigenvalue weighted by molar-refractivity contribution is 7.09. The summed E-state index contributed by atoms with van der Waals surface area (Å²) in [6.07, 6.45) is 3.71. The molecule has 5 heteroatoms. The quantitative estimate of drug-likeness (QED) is 0.884. The highest BCUT2D eigenvalue weighted by Gasteiger charge is 2.04. The summed E-state index contributed by atoms with van der Waals surface area (Å²) in [7, 11) is 0. The predicted molar refractivity (Wildman–Crippen MR) is 70.2 cm³/mol. The van der Waals surface area contributed by atoms with Gasteiger partial charge in [0.15, 0.2) is 0 Å². The molecule has 0 bridgehead atoms. The van der Waals surface area contributed by atoms with E-state index in [0.717, 1.165) is 29.5 Å². The molecule has 0 saturated carbocycles. The zero-order valence-corrected chi connectivity index (χ0v) is 10.9. The smallest absolute Gasteiger partial charge is 0.202 e. The first-order valence-corrected chi connectivity index (χ1v) is 6.60. The minimum atomic E-state index is 0.711. The molecule has 4 nitrogen and oxygen atoms in total. The largest absolute Gasteiger partial charge is 0.355 e. The van der Waals surface area contributed by atoms with Crippen LogP contribution in [0.1, 0.15) is 30.9 Å². The number of aryl methyl sites for hydroxylation is 2. The van der Waals surface area contributed by atoms with Crippen LogP contribution in [0.3, 0.4) is 0 Å². The van der Waals surface area contributed by atoms with Crippen LogP contribution in [-0.2, 0) is 19.4 Å². The molecule has 0 spiro atoms. The zero-order valence-electron chi connectivity index (χ0n) is 10.1. The van der Waals surface area contributed by atoms with Crippen molar-refractivity contribution in [3.8, 4) is 0 Å². The predicted octanol–water partition coefficient (Wildman–Crippen LogP) is 2.67. The molecule has 90 valence electrons. The fourth-order valence-corrected chi connectivity index (χ4v) is 2.23. The van der Waals surface area contributed by atoms with Crippen LogP contribution in [0.5, 0.6) is 0 Å². The molecule has 0 fully saturated rings. The number of nitrogens with zero attached hydrogens (tertiary/aromatic N) is 3. The number of pyridine rings is 1. The molecule has 2 rings (SSSR count). The van der Waals surface area contributed by atoms with Gasteiger partial charge < -0.3 is 5.32 Å². The maximum absolute atomic E-state index is 4.39. The number of hydrogen-bond donors (Lipinski definition) is 1. The Labute approximate surface area is 105 Å². The second-order valence-electron chi connectivity index (χ2n) is 3.69. The van der Waals surface area contributed by atoms with E-state index in [1.165, 1.54) is 17.1 Å². The van der Waals surface area contributed by atoms with Crippen LogP contribution in [0, 0.1) is 0 Å². The lowest BCUT2D eigenvalue weighted by Gasteiger charge is -2.06. The summed E-state index contributed by atoms with van der Waals surface area (Å²) < 4.78 is 4.24. The maximum atomic E-state index is 4.39. The van der Waals surface area contributed by atoms with Crippen molar-refractivity contribution < 1.29 is 0 Å². The molecule has 0 saturated heterocycles. The van der Waals surface area contributed by atoms with Crippen LogP contribution in [0.25, 0.3) is 0 Å². The normalized spacial score (nSPS) is 10.5. The van der Waals surface area contributed by atoms with Gasteiger partial charge in [-0.2, -0.15) is 4.37 Å². The SMILES string of the molecule is CCc1nsc(NCc2ncccc2CC)n1. The van der Waals surface area contributed by atoms with Gasteiger partial charge in [-0.15, -0.1) is 0 Å². The molecular weight excluding hydrogens is 232 g/mol. The van der Waals surface area contributed by atoms with Gasteiger partial charge in [0.1, 0.15) is 5.82 Å². The molecule has 0 aliphatic carbocycles. The summed E-state index contributed by atoms with van der Waals surface area (Å²) in [5, 5.41) is 4.14. The number of rotatable bonds is 5. The lowest BCUT2D eigenvalue weighted by atomic mass is 10.1. The van der Waals surface area contributed by atoms with Crippen LogP contribution >= 0.6 is 11.5 Å². The van der Waals surface area contributed by atoms with Crippen molar-refractivity contribution >= 4 is 16.7 Å². The standard InChI is InChI=1S/C12H16N4S/c1-3-9-6-5-7-13-10(9)8-14-12-15-11(4-2)16-17-12/h5-7H,3-4,8H2,1-2H3,(H,14,15,16). The minimum Gasteiger partial charge on any atom is -0.355 e. The van der Waals surface area contributed by atoms with E-state index >= 15 is 0 Å². The van der Waals surface area contributed by atoms with Gasteiger partial charge in [0.25, 0.3) is 0 Å². The molecule has 0 unspecified atom stereocenters. The number of anilines is 1. The summed E-state index contributed by atoms with van der Waals surface area (Å²) in [5.74, 6) is 0.897. The number of nitrogens with one attached hydrogen (secondary N) is 1. The average Bonchev–Trinajstić information content (AvgIpc) is 2.84. The van der Waals surface area contributed by atoms with Gasteiger partial charge in [0.2, 0.25) is 5.13 Å². The first kappa shape index (κ1) is 12.0. The lowest BCUT2D eigenvalue weighted by Crippen LogP contribution is -2.04. The number of aromatic nitrogens is 3. The van der Waals surface area contributed by atoms with E-state index in [-0.39, 0.29) is 0 Å². The molecule has 17 heavy (non-hydrogen) atoms. The van der Waals surface area contributed by atoms with Crippen molar-refractivity contribution in [3.63, 3.8) is 0 Å². The average molecular weight is 248 g/mol. The molecule has 2 heterocycles. The molecule has 1 N–H and O–H groups in total. The van der Waals surface area contributed by atoms with Crippen LogP contribution in [-0.4, -0.2) is 14.3 Å². The Kier molecular flexibility index (Phi) is 4.03. The Morgan fingerprint density at radius 2 is 2.18 bits per heavy atom. The fraction of sp³-hybridized carbons (Fsp3) is 0.417. The molecule has 0 amide bonds.